The van der Waals surface area contributed by atoms with Crippen molar-refractivity contribution in [1.82, 2.24) is 9.78 Å². The third-order valence-corrected chi connectivity index (χ3v) is 3.46. The van der Waals surface area contributed by atoms with Gasteiger partial charge in [-0.05, 0) is 18.8 Å². The van der Waals surface area contributed by atoms with E-state index in [0.29, 0.717) is 23.1 Å². The molecule has 0 spiro atoms. The summed E-state index contributed by atoms with van der Waals surface area (Å²) in [6.07, 6.45) is 1.86. The highest BCUT2D eigenvalue weighted by atomic mass is 15.4. The van der Waals surface area contributed by atoms with Gasteiger partial charge in [-0.2, -0.15) is 10.4 Å². The lowest BCUT2D eigenvalue weighted by Crippen LogP contribution is -2.40. The van der Waals surface area contributed by atoms with E-state index in [2.05, 4.69) is 29.9 Å². The van der Waals surface area contributed by atoms with Gasteiger partial charge in [0.1, 0.15) is 17.5 Å². The van der Waals surface area contributed by atoms with Crippen LogP contribution in [0, 0.1) is 17.2 Å². The lowest BCUT2D eigenvalue weighted by molar-refractivity contribution is 0.476. The number of nitrogens with zero attached hydrogens (tertiary/aromatic N) is 4. The number of piperidine rings is 1. The molecule has 104 valence electrons. The molecule has 0 atom stereocenters. The predicted molar refractivity (Wildman–Crippen MR) is 75.6 cm³/mol. The zero-order valence-electron chi connectivity index (χ0n) is 11.6. The summed E-state index contributed by atoms with van der Waals surface area (Å²) in [5.41, 5.74) is 12.4. The summed E-state index contributed by atoms with van der Waals surface area (Å²) in [6, 6.07) is 2.45. The molecule has 0 unspecified atom stereocenters. The lowest BCUT2D eigenvalue weighted by Gasteiger charge is -2.30. The smallest absolute Gasteiger partial charge is 0.170 e. The molecule has 0 saturated carbocycles. The standard InChI is InChI=1S/C13H22N6/c1-9(2)8-19-12(16)11(7-14)13(17-19)18-5-3-10(15)4-6-18/h9-10H,3-6,8,15-16H2,1-2H3. The van der Waals surface area contributed by atoms with Gasteiger partial charge in [-0.25, -0.2) is 4.68 Å². The average molecular weight is 262 g/mol. The summed E-state index contributed by atoms with van der Waals surface area (Å²) < 4.78 is 1.74. The topological polar surface area (TPSA) is 96.9 Å². The van der Waals surface area contributed by atoms with Crippen LogP contribution in [0.1, 0.15) is 32.3 Å². The van der Waals surface area contributed by atoms with E-state index in [1.54, 1.807) is 4.68 Å². The Bertz CT molecular complexity index is 476. The highest BCUT2D eigenvalue weighted by Crippen LogP contribution is 2.27. The normalized spacial score (nSPS) is 16.9. The molecule has 0 bridgehead atoms. The van der Waals surface area contributed by atoms with E-state index in [1.165, 1.54) is 0 Å². The third kappa shape index (κ3) is 2.82. The van der Waals surface area contributed by atoms with Crippen LogP contribution >= 0.6 is 0 Å². The number of nitriles is 1. The van der Waals surface area contributed by atoms with Crippen molar-refractivity contribution in [3.8, 4) is 6.07 Å². The van der Waals surface area contributed by atoms with E-state index in [1.807, 2.05) is 0 Å². The fourth-order valence-corrected chi connectivity index (χ4v) is 2.39. The van der Waals surface area contributed by atoms with E-state index >= 15 is 0 Å². The maximum absolute atomic E-state index is 9.29. The maximum atomic E-state index is 9.29. The van der Waals surface area contributed by atoms with Gasteiger partial charge in [-0.3, -0.25) is 0 Å². The zero-order chi connectivity index (χ0) is 14.0. The summed E-state index contributed by atoms with van der Waals surface area (Å²) >= 11 is 0. The molecule has 1 aromatic heterocycles. The van der Waals surface area contributed by atoms with Gasteiger partial charge >= 0.3 is 0 Å². The fourth-order valence-electron chi connectivity index (χ4n) is 2.39. The molecule has 1 saturated heterocycles. The monoisotopic (exact) mass is 262 g/mol. The summed E-state index contributed by atoms with van der Waals surface area (Å²) in [6.45, 7) is 6.62. The largest absolute Gasteiger partial charge is 0.383 e. The third-order valence-electron chi connectivity index (χ3n) is 3.46. The molecule has 0 aliphatic carbocycles. The minimum atomic E-state index is 0.261. The van der Waals surface area contributed by atoms with E-state index in [9.17, 15) is 5.26 Å². The summed E-state index contributed by atoms with van der Waals surface area (Å²) in [4.78, 5) is 2.12. The fraction of sp³-hybridized carbons (Fsp3) is 0.692. The number of nitrogens with two attached hydrogens (primary N) is 2. The predicted octanol–water partition coefficient (Wildman–Crippen LogP) is 0.920. The number of aromatic nitrogens is 2. The van der Waals surface area contributed by atoms with Crippen LogP contribution in [0.15, 0.2) is 0 Å². The summed E-state index contributed by atoms with van der Waals surface area (Å²) in [5.74, 6) is 1.63. The van der Waals surface area contributed by atoms with Crippen molar-refractivity contribution < 1.29 is 0 Å². The quantitative estimate of drug-likeness (QED) is 0.844. The maximum Gasteiger partial charge on any atom is 0.170 e. The van der Waals surface area contributed by atoms with Crippen molar-refractivity contribution in [3.63, 3.8) is 0 Å². The van der Waals surface area contributed by atoms with Crippen molar-refractivity contribution in [2.24, 2.45) is 11.7 Å². The molecule has 6 heteroatoms. The Labute approximate surface area is 114 Å². The Balaban J connectivity index is 2.27. The van der Waals surface area contributed by atoms with E-state index in [4.69, 9.17) is 11.5 Å². The van der Waals surface area contributed by atoms with E-state index < -0.39 is 0 Å². The summed E-state index contributed by atoms with van der Waals surface area (Å²) in [7, 11) is 0. The Morgan fingerprint density at radius 2 is 2.05 bits per heavy atom. The van der Waals surface area contributed by atoms with Gasteiger partial charge in [-0.1, -0.05) is 13.8 Å². The Morgan fingerprint density at radius 1 is 1.42 bits per heavy atom. The molecule has 6 nitrogen and oxygen atoms in total. The first-order valence-electron chi connectivity index (χ1n) is 6.79. The van der Waals surface area contributed by atoms with E-state index in [0.717, 1.165) is 32.5 Å². The molecule has 19 heavy (non-hydrogen) atoms. The molecular weight excluding hydrogens is 240 g/mol. The second kappa shape index (κ2) is 5.49. The van der Waals surface area contributed by atoms with Gasteiger partial charge in [0.2, 0.25) is 0 Å². The molecule has 1 aliphatic heterocycles. The first-order valence-corrected chi connectivity index (χ1v) is 6.79. The first-order chi connectivity index (χ1) is 9.02. The molecule has 1 aliphatic rings. The Kier molecular flexibility index (Phi) is 3.96. The van der Waals surface area contributed by atoms with Gasteiger partial charge in [0.15, 0.2) is 5.82 Å². The van der Waals surface area contributed by atoms with Crippen LogP contribution in [0.25, 0.3) is 0 Å². The molecule has 2 heterocycles. The first kappa shape index (κ1) is 13.7. The van der Waals surface area contributed by atoms with Gasteiger partial charge in [0.05, 0.1) is 0 Å². The van der Waals surface area contributed by atoms with Crippen molar-refractivity contribution in [2.45, 2.75) is 39.3 Å². The van der Waals surface area contributed by atoms with Crippen LogP contribution in [0.2, 0.25) is 0 Å². The number of nitrogen functional groups attached to an aromatic ring is 1. The van der Waals surface area contributed by atoms with Crippen LogP contribution in [0.5, 0.6) is 0 Å². The van der Waals surface area contributed by atoms with Gasteiger partial charge in [0, 0.05) is 25.7 Å². The van der Waals surface area contributed by atoms with E-state index in [-0.39, 0.29) is 6.04 Å². The van der Waals surface area contributed by atoms with Crippen LogP contribution in [0.3, 0.4) is 0 Å². The molecule has 0 amide bonds. The van der Waals surface area contributed by atoms with Crippen molar-refractivity contribution in [3.05, 3.63) is 5.56 Å². The Morgan fingerprint density at radius 3 is 2.58 bits per heavy atom. The molecule has 2 rings (SSSR count). The van der Waals surface area contributed by atoms with Crippen LogP contribution in [-0.2, 0) is 6.54 Å². The van der Waals surface area contributed by atoms with Crippen LogP contribution < -0.4 is 16.4 Å². The minimum Gasteiger partial charge on any atom is -0.383 e. The molecular formula is C13H22N6. The molecule has 1 fully saturated rings. The van der Waals surface area contributed by atoms with Crippen molar-refractivity contribution in [2.75, 3.05) is 23.7 Å². The van der Waals surface area contributed by atoms with Crippen molar-refractivity contribution >= 4 is 11.6 Å². The van der Waals surface area contributed by atoms with Crippen LogP contribution in [-0.4, -0.2) is 28.9 Å². The average Bonchev–Trinajstić information content (AvgIpc) is 2.66. The highest BCUT2D eigenvalue weighted by molar-refractivity contribution is 5.65. The highest BCUT2D eigenvalue weighted by Gasteiger charge is 2.24. The van der Waals surface area contributed by atoms with Crippen LogP contribution in [0.4, 0.5) is 11.6 Å². The number of anilines is 2. The second-order valence-electron chi connectivity index (χ2n) is 5.60. The van der Waals surface area contributed by atoms with Gasteiger partial charge in [-0.15, -0.1) is 0 Å². The number of rotatable bonds is 3. The molecule has 0 aromatic carbocycles. The van der Waals surface area contributed by atoms with Crippen molar-refractivity contribution in [1.29, 1.82) is 5.26 Å². The molecule has 1 aromatic rings. The SMILES string of the molecule is CC(C)Cn1nc(N2CCC(N)CC2)c(C#N)c1N. The second-order valence-corrected chi connectivity index (χ2v) is 5.60. The zero-order valence-corrected chi connectivity index (χ0v) is 11.6. The van der Waals surface area contributed by atoms with Gasteiger partial charge < -0.3 is 16.4 Å². The molecule has 0 radical (unpaired) electrons. The minimum absolute atomic E-state index is 0.261. The summed E-state index contributed by atoms with van der Waals surface area (Å²) in [5, 5.41) is 13.8. The molecule has 4 N–H and O–H groups in total. The van der Waals surface area contributed by atoms with Gasteiger partial charge in [0.25, 0.3) is 0 Å². The lowest BCUT2D eigenvalue weighted by atomic mass is 10.1. The number of hydrogen-bond acceptors (Lipinski definition) is 5. The number of hydrogen-bond donors (Lipinski definition) is 2. The Hall–Kier alpha value is -1.74.